The predicted molar refractivity (Wildman–Crippen MR) is 161 cm³/mol. The van der Waals surface area contributed by atoms with E-state index in [9.17, 15) is 9.59 Å². The SMILES string of the molecule is CCCOCCOCCOCCNC(=O)c1ccc(Nc2ncc3c(n2)N(C)c2ccccc2C(=O)N3C)c(OC)c1. The molecular weight excluding hydrogens is 540 g/mol. The van der Waals surface area contributed by atoms with Crippen molar-refractivity contribution in [2.24, 2.45) is 0 Å². The number of rotatable bonds is 15. The van der Waals surface area contributed by atoms with Crippen LogP contribution in [0.5, 0.6) is 5.75 Å². The summed E-state index contributed by atoms with van der Waals surface area (Å²) in [6.07, 6.45) is 2.60. The lowest BCUT2D eigenvalue weighted by Crippen LogP contribution is -2.27. The van der Waals surface area contributed by atoms with Crippen molar-refractivity contribution in [3.05, 3.63) is 59.8 Å². The third-order valence-electron chi connectivity index (χ3n) is 6.56. The molecule has 2 amide bonds. The molecule has 12 nitrogen and oxygen atoms in total. The summed E-state index contributed by atoms with van der Waals surface area (Å²) in [4.78, 5) is 38.3. The number of para-hydroxylation sites is 1. The van der Waals surface area contributed by atoms with Gasteiger partial charge in [0.1, 0.15) is 11.4 Å². The number of amides is 2. The zero-order valence-corrected chi connectivity index (χ0v) is 24.5. The third-order valence-corrected chi connectivity index (χ3v) is 6.56. The Balaban J connectivity index is 1.33. The van der Waals surface area contributed by atoms with Gasteiger partial charge in [-0.05, 0) is 36.8 Å². The Morgan fingerprint density at radius 2 is 1.62 bits per heavy atom. The first-order chi connectivity index (χ1) is 20.4. The highest BCUT2D eigenvalue weighted by molar-refractivity contribution is 6.13. The van der Waals surface area contributed by atoms with Crippen molar-refractivity contribution in [3.63, 3.8) is 0 Å². The van der Waals surface area contributed by atoms with Crippen LogP contribution in [-0.4, -0.2) is 89.2 Å². The molecule has 0 unspecified atom stereocenters. The number of aromatic nitrogens is 2. The zero-order chi connectivity index (χ0) is 29.9. The van der Waals surface area contributed by atoms with Crippen LogP contribution in [0.2, 0.25) is 0 Å². The quantitative estimate of drug-likeness (QED) is 0.257. The molecule has 1 aromatic heterocycles. The van der Waals surface area contributed by atoms with Gasteiger partial charge < -0.3 is 39.4 Å². The lowest BCUT2D eigenvalue weighted by molar-refractivity contribution is 0.0152. The molecule has 0 atom stereocenters. The van der Waals surface area contributed by atoms with E-state index in [0.29, 0.717) is 79.6 Å². The van der Waals surface area contributed by atoms with Crippen molar-refractivity contribution >= 4 is 40.6 Å². The average molecular weight is 579 g/mol. The summed E-state index contributed by atoms with van der Waals surface area (Å²) >= 11 is 0. The molecule has 12 heteroatoms. The van der Waals surface area contributed by atoms with E-state index < -0.39 is 0 Å². The van der Waals surface area contributed by atoms with Gasteiger partial charge in [-0.3, -0.25) is 9.59 Å². The highest BCUT2D eigenvalue weighted by Crippen LogP contribution is 2.38. The van der Waals surface area contributed by atoms with E-state index in [2.05, 4.69) is 22.5 Å². The number of methoxy groups -OCH3 is 1. The summed E-state index contributed by atoms with van der Waals surface area (Å²) < 4.78 is 21.8. The molecule has 2 N–H and O–H groups in total. The summed E-state index contributed by atoms with van der Waals surface area (Å²) in [7, 11) is 5.09. The van der Waals surface area contributed by atoms with E-state index >= 15 is 0 Å². The smallest absolute Gasteiger partial charge is 0.260 e. The van der Waals surface area contributed by atoms with Crippen molar-refractivity contribution in [2.45, 2.75) is 13.3 Å². The van der Waals surface area contributed by atoms with Crippen LogP contribution >= 0.6 is 0 Å². The van der Waals surface area contributed by atoms with Gasteiger partial charge in [-0.1, -0.05) is 19.1 Å². The molecule has 0 saturated carbocycles. The minimum Gasteiger partial charge on any atom is -0.495 e. The fourth-order valence-electron chi connectivity index (χ4n) is 4.34. The number of fused-ring (bicyclic) bond motifs is 2. The third kappa shape index (κ3) is 7.52. The molecule has 4 rings (SSSR count). The van der Waals surface area contributed by atoms with Crippen molar-refractivity contribution in [3.8, 4) is 5.75 Å². The first-order valence-electron chi connectivity index (χ1n) is 13.9. The van der Waals surface area contributed by atoms with E-state index in [4.69, 9.17) is 23.9 Å². The maximum atomic E-state index is 13.0. The van der Waals surface area contributed by atoms with E-state index in [1.54, 1.807) is 42.4 Å². The number of ether oxygens (including phenoxy) is 4. The first kappa shape index (κ1) is 30.7. The Kier molecular flexibility index (Phi) is 11.0. The second-order valence-corrected chi connectivity index (χ2v) is 9.48. The second kappa shape index (κ2) is 15.1. The minimum atomic E-state index is -0.248. The molecule has 0 saturated heterocycles. The van der Waals surface area contributed by atoms with Gasteiger partial charge in [0.2, 0.25) is 5.95 Å². The predicted octanol–water partition coefficient (Wildman–Crippen LogP) is 3.78. The fraction of sp³-hybridized carbons (Fsp3) is 0.400. The Labute approximate surface area is 245 Å². The molecule has 2 heterocycles. The Bertz CT molecular complexity index is 1370. The number of nitrogens with zero attached hydrogens (tertiary/aromatic N) is 4. The van der Waals surface area contributed by atoms with Crippen LogP contribution in [0.3, 0.4) is 0 Å². The number of hydrogen-bond acceptors (Lipinski definition) is 10. The summed E-state index contributed by atoms with van der Waals surface area (Å²) in [6, 6.07) is 12.5. The normalized spacial score (nSPS) is 12.4. The lowest BCUT2D eigenvalue weighted by atomic mass is 10.1. The Morgan fingerprint density at radius 1 is 0.905 bits per heavy atom. The molecule has 0 fully saturated rings. The van der Waals surface area contributed by atoms with Crippen LogP contribution in [0.15, 0.2) is 48.7 Å². The van der Waals surface area contributed by atoms with Crippen molar-refractivity contribution < 1.29 is 28.5 Å². The number of carbonyl (C=O) groups excluding carboxylic acids is 2. The Hall–Kier alpha value is -4.26. The van der Waals surface area contributed by atoms with Gasteiger partial charge in [-0.2, -0.15) is 4.98 Å². The van der Waals surface area contributed by atoms with Gasteiger partial charge in [0.15, 0.2) is 5.82 Å². The molecule has 2 aromatic carbocycles. The first-order valence-corrected chi connectivity index (χ1v) is 13.9. The molecule has 0 radical (unpaired) electrons. The number of nitrogens with one attached hydrogen (secondary N) is 2. The maximum absolute atomic E-state index is 13.0. The van der Waals surface area contributed by atoms with Crippen LogP contribution < -0.4 is 25.2 Å². The number of hydrogen-bond donors (Lipinski definition) is 2. The van der Waals surface area contributed by atoms with Gasteiger partial charge in [-0.15, -0.1) is 0 Å². The van der Waals surface area contributed by atoms with Crippen LogP contribution in [0.25, 0.3) is 0 Å². The van der Waals surface area contributed by atoms with Gasteiger partial charge in [0.25, 0.3) is 11.8 Å². The van der Waals surface area contributed by atoms with Gasteiger partial charge in [-0.25, -0.2) is 4.98 Å². The number of anilines is 5. The highest BCUT2D eigenvalue weighted by Gasteiger charge is 2.28. The number of benzene rings is 2. The lowest BCUT2D eigenvalue weighted by Gasteiger charge is -2.21. The van der Waals surface area contributed by atoms with E-state index in [1.165, 1.54) is 7.11 Å². The van der Waals surface area contributed by atoms with E-state index in [1.807, 2.05) is 30.1 Å². The van der Waals surface area contributed by atoms with Crippen molar-refractivity contribution in [1.82, 2.24) is 15.3 Å². The molecule has 1 aliphatic rings. The monoisotopic (exact) mass is 578 g/mol. The van der Waals surface area contributed by atoms with E-state index in [-0.39, 0.29) is 11.8 Å². The summed E-state index contributed by atoms with van der Waals surface area (Å²) in [5.74, 6) is 0.940. The van der Waals surface area contributed by atoms with Gasteiger partial charge >= 0.3 is 0 Å². The molecule has 42 heavy (non-hydrogen) atoms. The van der Waals surface area contributed by atoms with Crippen molar-refractivity contribution in [1.29, 1.82) is 0 Å². The van der Waals surface area contributed by atoms with Crippen LogP contribution in [0.4, 0.5) is 28.8 Å². The minimum absolute atomic E-state index is 0.139. The average Bonchev–Trinajstić information content (AvgIpc) is 3.09. The molecule has 1 aliphatic heterocycles. The second-order valence-electron chi connectivity index (χ2n) is 9.48. The van der Waals surface area contributed by atoms with Crippen LogP contribution in [-0.2, 0) is 14.2 Å². The molecular formula is C30H38N6O6. The topological polar surface area (TPSA) is 127 Å². The summed E-state index contributed by atoms with van der Waals surface area (Å²) in [5.41, 5.74) is 2.93. The molecule has 0 aliphatic carbocycles. The van der Waals surface area contributed by atoms with Crippen molar-refractivity contribution in [2.75, 3.05) is 82.5 Å². The summed E-state index contributed by atoms with van der Waals surface area (Å²) in [5, 5.41) is 6.02. The Morgan fingerprint density at radius 3 is 2.36 bits per heavy atom. The summed E-state index contributed by atoms with van der Waals surface area (Å²) in [6.45, 7) is 5.56. The van der Waals surface area contributed by atoms with Crippen LogP contribution in [0.1, 0.15) is 34.1 Å². The fourth-order valence-corrected chi connectivity index (χ4v) is 4.34. The largest absolute Gasteiger partial charge is 0.495 e. The molecule has 0 spiro atoms. The van der Waals surface area contributed by atoms with Gasteiger partial charge in [0.05, 0.1) is 63.3 Å². The zero-order valence-electron chi connectivity index (χ0n) is 24.5. The van der Waals surface area contributed by atoms with Gasteiger partial charge in [0, 0.05) is 32.8 Å². The molecule has 224 valence electrons. The number of carbonyl (C=O) groups is 2. The highest BCUT2D eigenvalue weighted by atomic mass is 16.5. The maximum Gasteiger partial charge on any atom is 0.260 e. The molecule has 0 bridgehead atoms. The van der Waals surface area contributed by atoms with Crippen LogP contribution in [0, 0.1) is 0 Å². The van der Waals surface area contributed by atoms with E-state index in [0.717, 1.165) is 18.7 Å². The standard InChI is InChI=1S/C30H38N6O6/c1-5-13-40-15-17-42-18-16-41-14-12-31-28(37)21-10-11-23(26(19-21)39-4)33-30-32-20-25-27(34-30)35(2)24-9-7-6-8-22(24)29(38)36(25)3/h6-11,19-20H,5,12-18H2,1-4H3,(H,31,37)(H,32,33,34). The molecule has 3 aromatic rings.